The number of hydrogen-bond donors (Lipinski definition) is 1. The highest BCUT2D eigenvalue weighted by molar-refractivity contribution is 5.71. The summed E-state index contributed by atoms with van der Waals surface area (Å²) in [7, 11) is 0. The molecule has 0 bridgehead atoms. The first-order chi connectivity index (χ1) is 7.68. The molecule has 2 aliphatic rings. The molecular formula is C13H23NO2. The number of carboxylic acids is 1. The second-order valence-corrected chi connectivity index (χ2v) is 5.52. The average Bonchev–Trinajstić information content (AvgIpc) is 2.50. The summed E-state index contributed by atoms with van der Waals surface area (Å²) in [6.45, 7) is 3.85. The molecule has 1 aliphatic heterocycles. The van der Waals surface area contributed by atoms with Crippen molar-refractivity contribution >= 4 is 5.97 Å². The van der Waals surface area contributed by atoms with Gasteiger partial charge in [0.1, 0.15) is 0 Å². The van der Waals surface area contributed by atoms with E-state index in [-0.39, 0.29) is 5.92 Å². The van der Waals surface area contributed by atoms with Crippen LogP contribution in [-0.4, -0.2) is 35.1 Å². The summed E-state index contributed by atoms with van der Waals surface area (Å²) < 4.78 is 0. The Morgan fingerprint density at radius 1 is 1.12 bits per heavy atom. The lowest BCUT2D eigenvalue weighted by Gasteiger charge is -2.26. The number of rotatable bonds is 2. The van der Waals surface area contributed by atoms with Crippen LogP contribution in [0.2, 0.25) is 0 Å². The van der Waals surface area contributed by atoms with Gasteiger partial charge in [0.05, 0.1) is 5.92 Å². The minimum absolute atomic E-state index is 0.136. The van der Waals surface area contributed by atoms with Crippen molar-refractivity contribution in [2.75, 3.05) is 13.1 Å². The van der Waals surface area contributed by atoms with E-state index in [1.165, 1.54) is 38.5 Å². The molecule has 3 heteroatoms. The lowest BCUT2D eigenvalue weighted by molar-refractivity contribution is -0.142. The fourth-order valence-corrected chi connectivity index (χ4v) is 3.25. The largest absolute Gasteiger partial charge is 0.481 e. The molecule has 0 aromatic heterocycles. The fraction of sp³-hybridized carbons (Fsp3) is 0.923. The molecule has 3 nitrogen and oxygen atoms in total. The maximum absolute atomic E-state index is 11.1. The van der Waals surface area contributed by atoms with Gasteiger partial charge in [0.2, 0.25) is 0 Å². The molecule has 0 aromatic carbocycles. The quantitative estimate of drug-likeness (QED) is 0.733. The minimum atomic E-state index is -0.608. The van der Waals surface area contributed by atoms with E-state index in [9.17, 15) is 4.79 Å². The highest BCUT2D eigenvalue weighted by Crippen LogP contribution is 2.30. The van der Waals surface area contributed by atoms with Crippen LogP contribution < -0.4 is 0 Å². The van der Waals surface area contributed by atoms with Crippen molar-refractivity contribution in [1.82, 2.24) is 4.90 Å². The van der Waals surface area contributed by atoms with Crippen molar-refractivity contribution in [3.63, 3.8) is 0 Å². The minimum Gasteiger partial charge on any atom is -0.481 e. The fourth-order valence-electron chi connectivity index (χ4n) is 3.25. The molecule has 2 fully saturated rings. The van der Waals surface area contributed by atoms with Crippen molar-refractivity contribution in [3.05, 3.63) is 0 Å². The predicted molar refractivity (Wildman–Crippen MR) is 63.4 cm³/mol. The second kappa shape index (κ2) is 5.17. The van der Waals surface area contributed by atoms with Gasteiger partial charge in [-0.05, 0) is 18.8 Å². The van der Waals surface area contributed by atoms with Crippen LogP contribution in [0, 0.1) is 11.8 Å². The van der Waals surface area contributed by atoms with Gasteiger partial charge >= 0.3 is 5.97 Å². The van der Waals surface area contributed by atoms with Gasteiger partial charge in [-0.25, -0.2) is 0 Å². The molecule has 16 heavy (non-hydrogen) atoms. The maximum Gasteiger partial charge on any atom is 0.308 e. The maximum atomic E-state index is 11.1. The Bertz CT molecular complexity index is 246. The molecule has 0 aromatic rings. The van der Waals surface area contributed by atoms with Gasteiger partial charge in [0.25, 0.3) is 0 Å². The number of carbonyl (C=O) groups is 1. The SMILES string of the molecule is C[C@@H]1CN(C2CCCCCC2)C[C@H]1C(=O)O. The molecule has 92 valence electrons. The third-order valence-electron chi connectivity index (χ3n) is 4.30. The Balaban J connectivity index is 1.93. The van der Waals surface area contributed by atoms with Gasteiger partial charge in [0, 0.05) is 19.1 Å². The van der Waals surface area contributed by atoms with E-state index in [1.54, 1.807) is 0 Å². The van der Waals surface area contributed by atoms with Crippen LogP contribution in [0.15, 0.2) is 0 Å². The van der Waals surface area contributed by atoms with E-state index in [0.29, 0.717) is 12.0 Å². The van der Waals surface area contributed by atoms with Crippen molar-refractivity contribution in [2.45, 2.75) is 51.5 Å². The summed E-state index contributed by atoms with van der Waals surface area (Å²) in [5.41, 5.74) is 0. The van der Waals surface area contributed by atoms with E-state index >= 15 is 0 Å². The summed E-state index contributed by atoms with van der Waals surface area (Å²) in [5, 5.41) is 9.13. The summed E-state index contributed by atoms with van der Waals surface area (Å²) in [5.74, 6) is -0.423. The van der Waals surface area contributed by atoms with Gasteiger partial charge in [0.15, 0.2) is 0 Å². The van der Waals surface area contributed by atoms with Crippen LogP contribution in [0.4, 0.5) is 0 Å². The lowest BCUT2D eigenvalue weighted by Crippen LogP contribution is -2.33. The number of carboxylic acid groups (broad SMARTS) is 1. The van der Waals surface area contributed by atoms with E-state index in [0.717, 1.165) is 13.1 Å². The van der Waals surface area contributed by atoms with Crippen LogP contribution in [0.5, 0.6) is 0 Å². The molecule has 1 saturated carbocycles. The van der Waals surface area contributed by atoms with Crippen LogP contribution in [0.3, 0.4) is 0 Å². The summed E-state index contributed by atoms with van der Waals surface area (Å²) in [6.07, 6.45) is 7.93. The first kappa shape index (κ1) is 11.9. The molecule has 0 spiro atoms. The average molecular weight is 225 g/mol. The molecule has 1 N–H and O–H groups in total. The van der Waals surface area contributed by atoms with Gasteiger partial charge in [-0.1, -0.05) is 32.6 Å². The second-order valence-electron chi connectivity index (χ2n) is 5.52. The summed E-state index contributed by atoms with van der Waals surface area (Å²) in [6, 6.07) is 0.661. The summed E-state index contributed by atoms with van der Waals surface area (Å²) >= 11 is 0. The molecule has 0 unspecified atom stereocenters. The molecular weight excluding hydrogens is 202 g/mol. The van der Waals surface area contributed by atoms with E-state index in [2.05, 4.69) is 11.8 Å². The highest BCUT2D eigenvalue weighted by Gasteiger charge is 2.37. The molecule has 1 aliphatic carbocycles. The molecule has 0 amide bonds. The van der Waals surface area contributed by atoms with Gasteiger partial charge in [-0.2, -0.15) is 0 Å². The molecule has 2 rings (SSSR count). The Kier molecular flexibility index (Phi) is 3.85. The van der Waals surface area contributed by atoms with Gasteiger partial charge in [-0.15, -0.1) is 0 Å². The summed E-state index contributed by atoms with van der Waals surface area (Å²) in [4.78, 5) is 13.5. The molecule has 2 atom stereocenters. The van der Waals surface area contributed by atoms with Crippen molar-refractivity contribution in [3.8, 4) is 0 Å². The number of likely N-dealkylation sites (tertiary alicyclic amines) is 1. The highest BCUT2D eigenvalue weighted by atomic mass is 16.4. The standard InChI is InChI=1S/C13H23NO2/c1-10-8-14(9-12(10)13(15)16)11-6-4-2-3-5-7-11/h10-12H,2-9H2,1H3,(H,15,16)/t10-,12-/m1/s1. The topological polar surface area (TPSA) is 40.5 Å². The van der Waals surface area contributed by atoms with E-state index in [4.69, 9.17) is 5.11 Å². The van der Waals surface area contributed by atoms with E-state index in [1.807, 2.05) is 0 Å². The Labute approximate surface area is 97.8 Å². The monoisotopic (exact) mass is 225 g/mol. The number of hydrogen-bond acceptors (Lipinski definition) is 2. The Morgan fingerprint density at radius 3 is 2.25 bits per heavy atom. The van der Waals surface area contributed by atoms with E-state index < -0.39 is 5.97 Å². The molecule has 1 heterocycles. The first-order valence-electron chi connectivity index (χ1n) is 6.65. The third kappa shape index (κ3) is 2.57. The first-order valence-corrected chi connectivity index (χ1v) is 6.65. The Hall–Kier alpha value is -0.570. The predicted octanol–water partition coefficient (Wildman–Crippen LogP) is 2.36. The molecule has 1 saturated heterocycles. The lowest BCUT2D eigenvalue weighted by atomic mass is 9.99. The third-order valence-corrected chi connectivity index (χ3v) is 4.30. The zero-order valence-electron chi connectivity index (χ0n) is 10.2. The van der Waals surface area contributed by atoms with Crippen LogP contribution in [0.1, 0.15) is 45.4 Å². The van der Waals surface area contributed by atoms with Crippen LogP contribution >= 0.6 is 0 Å². The number of aliphatic carboxylic acids is 1. The smallest absolute Gasteiger partial charge is 0.308 e. The van der Waals surface area contributed by atoms with Gasteiger partial charge < -0.3 is 5.11 Å². The Morgan fingerprint density at radius 2 is 1.75 bits per heavy atom. The van der Waals surface area contributed by atoms with Gasteiger partial charge in [-0.3, -0.25) is 9.69 Å². The zero-order valence-corrected chi connectivity index (χ0v) is 10.2. The number of nitrogens with zero attached hydrogens (tertiary/aromatic N) is 1. The van der Waals surface area contributed by atoms with Crippen LogP contribution in [0.25, 0.3) is 0 Å². The van der Waals surface area contributed by atoms with Crippen molar-refractivity contribution in [2.24, 2.45) is 11.8 Å². The zero-order chi connectivity index (χ0) is 11.5. The van der Waals surface area contributed by atoms with Crippen molar-refractivity contribution < 1.29 is 9.90 Å². The normalized spacial score (nSPS) is 33.8. The van der Waals surface area contributed by atoms with Crippen LogP contribution in [-0.2, 0) is 4.79 Å². The van der Waals surface area contributed by atoms with Crippen molar-refractivity contribution in [1.29, 1.82) is 0 Å². The molecule has 0 radical (unpaired) electrons.